The molecule has 0 aliphatic carbocycles. The fourth-order valence-electron chi connectivity index (χ4n) is 5.15. The number of ether oxygens (including phenoxy) is 2. The minimum Gasteiger partial charge on any atom is -0.481 e. The number of nitrogens with two attached hydrogens (primary N) is 1. The third-order valence-corrected chi connectivity index (χ3v) is 7.52. The van der Waals surface area contributed by atoms with E-state index in [1.54, 1.807) is 35.6 Å². The summed E-state index contributed by atoms with van der Waals surface area (Å²) in [6.07, 6.45) is 9.22. The number of H-pyrrole nitrogens is 1. The molecule has 13 heteroatoms. The number of amides is 1. The number of aliphatic imine (C=N–C) groups is 1. The van der Waals surface area contributed by atoms with E-state index in [9.17, 15) is 9.18 Å². The van der Waals surface area contributed by atoms with Crippen LogP contribution in [-0.2, 0) is 17.7 Å². The van der Waals surface area contributed by atoms with Gasteiger partial charge in [0, 0.05) is 78.5 Å². The van der Waals surface area contributed by atoms with Crippen molar-refractivity contribution in [3.8, 4) is 5.88 Å². The van der Waals surface area contributed by atoms with Crippen LogP contribution in [0.1, 0.15) is 55.9 Å². The second-order valence-electron chi connectivity index (χ2n) is 12.0. The van der Waals surface area contributed by atoms with E-state index in [4.69, 9.17) is 20.2 Å². The number of rotatable bonds is 9. The Labute approximate surface area is 266 Å². The van der Waals surface area contributed by atoms with Crippen molar-refractivity contribution in [1.82, 2.24) is 24.8 Å². The van der Waals surface area contributed by atoms with E-state index in [1.807, 2.05) is 26.8 Å². The molecule has 0 saturated carbocycles. The van der Waals surface area contributed by atoms with Crippen LogP contribution in [0, 0.1) is 11.8 Å². The molecule has 0 unspecified atom stereocenters. The lowest BCUT2D eigenvalue weighted by molar-refractivity contribution is 0.0207. The zero-order valence-electron chi connectivity index (χ0n) is 26.3. The molecule has 46 heavy (non-hydrogen) atoms. The Morgan fingerprint density at radius 3 is 2.63 bits per heavy atom. The summed E-state index contributed by atoms with van der Waals surface area (Å²) in [6.45, 7) is 6.85. The highest BCUT2D eigenvalue weighted by atomic mass is 19.1. The molecule has 1 fully saturated rings. The summed E-state index contributed by atoms with van der Waals surface area (Å²) in [5.74, 6) is -0.553. The highest BCUT2D eigenvalue weighted by molar-refractivity contribution is 6.10. The zero-order chi connectivity index (χ0) is 32.8. The molecule has 1 aliphatic rings. The second kappa shape index (κ2) is 13.9. The van der Waals surface area contributed by atoms with Gasteiger partial charge < -0.3 is 30.4 Å². The van der Waals surface area contributed by atoms with E-state index >= 15 is 4.39 Å². The molecular formula is C33H38F2N8O3. The summed E-state index contributed by atoms with van der Waals surface area (Å²) in [7, 11) is 1.45. The molecule has 4 N–H and O–H groups in total. The molecule has 0 radical (unpaired) electrons. The Kier molecular flexibility index (Phi) is 9.78. The number of aromatic nitrogens is 4. The van der Waals surface area contributed by atoms with Crippen molar-refractivity contribution >= 4 is 34.7 Å². The standard InChI is InChI=1S/C33H38F2N8O3/c1-33(2,3)46-32(44)43-9-7-26(8-10-43)37-18-24(14-36)21-13-27-22(16-40-30(27)39-15-21)11-20-5-6-28(42-29(20)35)38-17-23-12-25(34)19-41-31(23)45-4/h5-6,12-16,18-19,26H,7-11,17,36H2,1-4H3,(H,38,42)(H,39,40). The van der Waals surface area contributed by atoms with E-state index in [2.05, 4.69) is 25.3 Å². The molecule has 5 heterocycles. The van der Waals surface area contributed by atoms with Crippen molar-refractivity contribution in [2.24, 2.45) is 10.7 Å². The van der Waals surface area contributed by atoms with Crippen molar-refractivity contribution in [3.63, 3.8) is 0 Å². The lowest BCUT2D eigenvalue weighted by atomic mass is 10.0. The SMILES string of the molecule is COc1ncc(F)cc1CNc1ccc(Cc2c[nH]c3ncc(C(C=NC4CCN(C(=O)OC(C)(C)C)CC4)=CN)cc23)c(F)n1. The molecule has 0 bridgehead atoms. The Morgan fingerprint density at radius 1 is 1.15 bits per heavy atom. The molecule has 242 valence electrons. The van der Waals surface area contributed by atoms with Gasteiger partial charge in [-0.1, -0.05) is 6.07 Å². The minimum absolute atomic E-state index is 0.0497. The molecule has 0 atom stereocenters. The van der Waals surface area contributed by atoms with Crippen molar-refractivity contribution in [3.05, 3.63) is 83.1 Å². The maximum absolute atomic E-state index is 15.1. The van der Waals surface area contributed by atoms with Crippen LogP contribution in [0.15, 0.2) is 54.0 Å². The molecule has 1 saturated heterocycles. The Morgan fingerprint density at radius 2 is 1.93 bits per heavy atom. The highest BCUT2D eigenvalue weighted by Gasteiger charge is 2.26. The molecule has 11 nitrogen and oxygen atoms in total. The maximum Gasteiger partial charge on any atom is 0.410 e. The van der Waals surface area contributed by atoms with E-state index in [-0.39, 0.29) is 31.0 Å². The second-order valence-corrected chi connectivity index (χ2v) is 12.0. The van der Waals surface area contributed by atoms with Gasteiger partial charge in [-0.3, -0.25) is 4.99 Å². The van der Waals surface area contributed by atoms with Crippen LogP contribution in [0.2, 0.25) is 0 Å². The van der Waals surface area contributed by atoms with Gasteiger partial charge in [0.1, 0.15) is 22.9 Å². The number of piperidine rings is 1. The quantitative estimate of drug-likeness (QED) is 0.160. The van der Waals surface area contributed by atoms with Crippen LogP contribution in [0.3, 0.4) is 0 Å². The summed E-state index contributed by atoms with van der Waals surface area (Å²) in [6, 6.07) is 6.63. The highest BCUT2D eigenvalue weighted by Crippen LogP contribution is 2.26. The number of nitrogens with zero attached hydrogens (tertiary/aromatic N) is 5. The van der Waals surface area contributed by atoms with Crippen molar-refractivity contribution in [1.29, 1.82) is 0 Å². The number of pyridine rings is 3. The van der Waals surface area contributed by atoms with Crippen LogP contribution in [0.25, 0.3) is 16.6 Å². The fourth-order valence-corrected chi connectivity index (χ4v) is 5.15. The number of methoxy groups -OCH3 is 1. The number of hydrogen-bond acceptors (Lipinski definition) is 9. The number of carbonyl (C=O) groups excluding carboxylic acids is 1. The third-order valence-electron chi connectivity index (χ3n) is 7.52. The number of hydrogen-bond donors (Lipinski definition) is 3. The number of likely N-dealkylation sites (tertiary alicyclic amines) is 1. The van der Waals surface area contributed by atoms with E-state index < -0.39 is 17.4 Å². The molecular weight excluding hydrogens is 594 g/mol. The summed E-state index contributed by atoms with van der Waals surface area (Å²) in [4.78, 5) is 34.5. The van der Waals surface area contributed by atoms with E-state index in [1.165, 1.54) is 19.4 Å². The average Bonchev–Trinajstić information content (AvgIpc) is 3.43. The van der Waals surface area contributed by atoms with Crippen molar-refractivity contribution in [2.75, 3.05) is 25.5 Å². The van der Waals surface area contributed by atoms with Gasteiger partial charge in [-0.05, 0) is 57.4 Å². The molecule has 4 aromatic heterocycles. The number of aromatic amines is 1. The maximum atomic E-state index is 15.1. The number of fused-ring (bicyclic) bond motifs is 1. The Balaban J connectivity index is 1.23. The first-order valence-corrected chi connectivity index (χ1v) is 15.0. The van der Waals surface area contributed by atoms with Crippen LogP contribution in [0.5, 0.6) is 5.88 Å². The number of carbonyl (C=O) groups is 1. The van der Waals surface area contributed by atoms with Gasteiger partial charge in [-0.25, -0.2) is 24.1 Å². The van der Waals surface area contributed by atoms with Crippen molar-refractivity contribution < 1.29 is 23.0 Å². The monoisotopic (exact) mass is 632 g/mol. The largest absolute Gasteiger partial charge is 0.481 e. The number of allylic oxidation sites excluding steroid dienone is 1. The molecule has 5 rings (SSSR count). The smallest absolute Gasteiger partial charge is 0.410 e. The molecule has 0 spiro atoms. The summed E-state index contributed by atoms with van der Waals surface area (Å²) >= 11 is 0. The van der Waals surface area contributed by atoms with Crippen LogP contribution in [0.4, 0.5) is 19.4 Å². The topological polar surface area (TPSA) is 144 Å². The summed E-state index contributed by atoms with van der Waals surface area (Å²) < 4.78 is 39.4. The molecule has 1 amide bonds. The normalized spacial score (nSPS) is 14.7. The summed E-state index contributed by atoms with van der Waals surface area (Å²) in [5.41, 5.74) is 9.30. The van der Waals surface area contributed by atoms with Gasteiger partial charge >= 0.3 is 6.09 Å². The van der Waals surface area contributed by atoms with Crippen LogP contribution < -0.4 is 15.8 Å². The molecule has 1 aliphatic heterocycles. The van der Waals surface area contributed by atoms with E-state index in [0.717, 1.165) is 35.6 Å². The van der Waals surface area contributed by atoms with Gasteiger partial charge in [-0.15, -0.1) is 0 Å². The van der Waals surface area contributed by atoms with Gasteiger partial charge in [0.15, 0.2) is 0 Å². The predicted octanol–water partition coefficient (Wildman–Crippen LogP) is 5.61. The number of nitrogens with one attached hydrogen (secondary N) is 2. The summed E-state index contributed by atoms with van der Waals surface area (Å²) in [5, 5.41) is 3.81. The fraction of sp³-hybridized carbons (Fsp3) is 0.364. The number of anilines is 1. The lowest BCUT2D eigenvalue weighted by Gasteiger charge is -2.32. The average molecular weight is 633 g/mol. The Hall–Kier alpha value is -5.07. The zero-order valence-corrected chi connectivity index (χ0v) is 26.3. The van der Waals surface area contributed by atoms with Gasteiger partial charge in [-0.2, -0.15) is 4.39 Å². The first-order chi connectivity index (χ1) is 22.0. The predicted molar refractivity (Wildman–Crippen MR) is 173 cm³/mol. The number of halogens is 2. The molecule has 0 aromatic carbocycles. The first kappa shape index (κ1) is 32.3. The lowest BCUT2D eigenvalue weighted by Crippen LogP contribution is -2.42. The first-order valence-electron chi connectivity index (χ1n) is 15.0. The Bertz CT molecular complexity index is 1760. The van der Waals surface area contributed by atoms with Gasteiger partial charge in [0.25, 0.3) is 0 Å². The van der Waals surface area contributed by atoms with Gasteiger partial charge in [0.2, 0.25) is 11.8 Å². The van der Waals surface area contributed by atoms with Crippen molar-refractivity contribution in [2.45, 2.75) is 58.2 Å². The third kappa shape index (κ3) is 7.95. The van der Waals surface area contributed by atoms with Crippen LogP contribution >= 0.6 is 0 Å². The molecule has 4 aromatic rings. The van der Waals surface area contributed by atoms with Crippen LogP contribution in [-0.4, -0.2) is 69.0 Å². The van der Waals surface area contributed by atoms with Gasteiger partial charge in [0.05, 0.1) is 19.3 Å². The minimum atomic E-state index is -0.625. The van der Waals surface area contributed by atoms with E-state index in [0.29, 0.717) is 41.3 Å².